The number of hydrogen-bond donors (Lipinski definition) is 0. The first-order chi connectivity index (χ1) is 12.0. The summed E-state index contributed by atoms with van der Waals surface area (Å²) in [5, 5.41) is 0. The van der Waals surface area contributed by atoms with Crippen LogP contribution in [-0.2, 0) is 9.59 Å². The van der Waals surface area contributed by atoms with E-state index in [0.29, 0.717) is 12.3 Å². The smallest absolute Gasteiger partial charge is 0.225 e. The van der Waals surface area contributed by atoms with Gasteiger partial charge in [-0.3, -0.25) is 9.59 Å². The standard InChI is InChI=1S/C21H42N2O2/c1-6-9-10-13-16-19(21(25)23(5)8-3)17-14-11-12-15-18-20(24)22(4)7-2/h19H,6-18H2,1-5H3. The van der Waals surface area contributed by atoms with Crippen molar-refractivity contribution in [2.75, 3.05) is 27.2 Å². The minimum absolute atomic E-state index is 0.190. The van der Waals surface area contributed by atoms with Crippen molar-refractivity contribution in [1.29, 1.82) is 0 Å². The molecule has 0 saturated carbocycles. The SMILES string of the molecule is CCCCCCC(CCCCCCC(=O)N(C)CC)C(=O)N(C)CC. The second-order valence-corrected chi connectivity index (χ2v) is 7.26. The van der Waals surface area contributed by atoms with Gasteiger partial charge in [-0.1, -0.05) is 51.9 Å². The highest BCUT2D eigenvalue weighted by molar-refractivity contribution is 5.78. The van der Waals surface area contributed by atoms with Crippen LogP contribution in [0.3, 0.4) is 0 Å². The van der Waals surface area contributed by atoms with Crippen LogP contribution in [0.4, 0.5) is 0 Å². The number of carbonyl (C=O) groups is 2. The first-order valence-corrected chi connectivity index (χ1v) is 10.5. The van der Waals surface area contributed by atoms with E-state index in [4.69, 9.17) is 0 Å². The third kappa shape index (κ3) is 11.2. The second kappa shape index (κ2) is 15.2. The average Bonchev–Trinajstić information content (AvgIpc) is 2.63. The molecule has 0 aliphatic heterocycles. The minimum Gasteiger partial charge on any atom is -0.346 e. The molecule has 0 aromatic rings. The number of hydrogen-bond acceptors (Lipinski definition) is 2. The molecule has 0 aliphatic rings. The van der Waals surface area contributed by atoms with Crippen LogP contribution in [0.2, 0.25) is 0 Å². The van der Waals surface area contributed by atoms with Crippen molar-refractivity contribution >= 4 is 11.8 Å². The van der Waals surface area contributed by atoms with Crippen LogP contribution in [-0.4, -0.2) is 48.8 Å². The molecule has 0 spiro atoms. The van der Waals surface area contributed by atoms with E-state index in [-0.39, 0.29) is 11.8 Å². The zero-order valence-electron chi connectivity index (χ0n) is 17.5. The van der Waals surface area contributed by atoms with Gasteiger partial charge in [0, 0.05) is 39.5 Å². The van der Waals surface area contributed by atoms with Gasteiger partial charge in [0.05, 0.1) is 0 Å². The molecule has 4 nitrogen and oxygen atoms in total. The summed E-state index contributed by atoms with van der Waals surface area (Å²) in [6.45, 7) is 7.83. The van der Waals surface area contributed by atoms with Crippen LogP contribution in [0.5, 0.6) is 0 Å². The lowest BCUT2D eigenvalue weighted by molar-refractivity contribution is -0.134. The highest BCUT2D eigenvalue weighted by Crippen LogP contribution is 2.20. The maximum atomic E-state index is 12.5. The molecule has 0 bridgehead atoms. The topological polar surface area (TPSA) is 40.6 Å². The van der Waals surface area contributed by atoms with E-state index in [2.05, 4.69) is 6.92 Å². The van der Waals surface area contributed by atoms with Gasteiger partial charge >= 0.3 is 0 Å². The third-order valence-corrected chi connectivity index (χ3v) is 5.20. The maximum Gasteiger partial charge on any atom is 0.225 e. The molecule has 2 amide bonds. The fraction of sp³-hybridized carbons (Fsp3) is 0.905. The predicted molar refractivity (Wildman–Crippen MR) is 107 cm³/mol. The highest BCUT2D eigenvalue weighted by Gasteiger charge is 2.20. The van der Waals surface area contributed by atoms with Crippen LogP contribution in [0.15, 0.2) is 0 Å². The van der Waals surface area contributed by atoms with Crippen molar-refractivity contribution in [2.24, 2.45) is 5.92 Å². The van der Waals surface area contributed by atoms with Crippen LogP contribution in [0.25, 0.3) is 0 Å². The summed E-state index contributed by atoms with van der Waals surface area (Å²) in [7, 11) is 3.78. The third-order valence-electron chi connectivity index (χ3n) is 5.20. The number of amides is 2. The molecular weight excluding hydrogens is 312 g/mol. The van der Waals surface area contributed by atoms with Gasteiger partial charge in [0.15, 0.2) is 0 Å². The Bertz CT molecular complexity index is 358. The van der Waals surface area contributed by atoms with Gasteiger partial charge in [0.1, 0.15) is 0 Å². The van der Waals surface area contributed by atoms with Gasteiger partial charge in [-0.25, -0.2) is 0 Å². The molecule has 0 aromatic heterocycles. The van der Waals surface area contributed by atoms with E-state index in [1.54, 1.807) is 4.90 Å². The lowest BCUT2D eigenvalue weighted by atomic mass is 9.93. The highest BCUT2D eigenvalue weighted by atomic mass is 16.2. The molecule has 0 aliphatic carbocycles. The van der Waals surface area contributed by atoms with Crippen LogP contribution < -0.4 is 0 Å². The fourth-order valence-corrected chi connectivity index (χ4v) is 3.06. The van der Waals surface area contributed by atoms with Crippen molar-refractivity contribution in [3.63, 3.8) is 0 Å². The van der Waals surface area contributed by atoms with E-state index in [1.807, 2.05) is 32.8 Å². The van der Waals surface area contributed by atoms with Crippen molar-refractivity contribution < 1.29 is 9.59 Å². The summed E-state index contributed by atoms with van der Waals surface area (Å²) >= 11 is 0. The van der Waals surface area contributed by atoms with Gasteiger partial charge in [0.2, 0.25) is 11.8 Å². The first kappa shape index (κ1) is 23.9. The number of carbonyl (C=O) groups excluding carboxylic acids is 2. The molecule has 1 unspecified atom stereocenters. The zero-order chi connectivity index (χ0) is 19.1. The van der Waals surface area contributed by atoms with E-state index >= 15 is 0 Å². The number of nitrogens with zero attached hydrogens (tertiary/aromatic N) is 2. The van der Waals surface area contributed by atoms with E-state index < -0.39 is 0 Å². The summed E-state index contributed by atoms with van der Waals surface area (Å²) in [4.78, 5) is 27.9. The van der Waals surface area contributed by atoms with Gasteiger partial charge in [-0.15, -0.1) is 0 Å². The second-order valence-electron chi connectivity index (χ2n) is 7.26. The van der Waals surface area contributed by atoms with Gasteiger partial charge in [-0.05, 0) is 33.1 Å². The molecule has 0 heterocycles. The van der Waals surface area contributed by atoms with E-state index in [1.165, 1.54) is 25.7 Å². The Morgan fingerprint density at radius 2 is 1.24 bits per heavy atom. The Morgan fingerprint density at radius 3 is 1.76 bits per heavy atom. The van der Waals surface area contributed by atoms with E-state index in [0.717, 1.165) is 51.6 Å². The van der Waals surface area contributed by atoms with Crippen molar-refractivity contribution in [3.8, 4) is 0 Å². The fourth-order valence-electron chi connectivity index (χ4n) is 3.06. The molecule has 0 radical (unpaired) electrons. The number of rotatable bonds is 15. The summed E-state index contributed by atoms with van der Waals surface area (Å²) in [5.41, 5.74) is 0. The summed E-state index contributed by atoms with van der Waals surface area (Å²) in [6.07, 6.45) is 11.9. The quantitative estimate of drug-likeness (QED) is 0.394. The lowest BCUT2D eigenvalue weighted by Gasteiger charge is -2.23. The molecule has 0 fully saturated rings. The Kier molecular flexibility index (Phi) is 14.6. The predicted octanol–water partition coefficient (Wildman–Crippen LogP) is 4.87. The monoisotopic (exact) mass is 354 g/mol. The Hall–Kier alpha value is -1.06. The molecule has 0 N–H and O–H groups in total. The van der Waals surface area contributed by atoms with Crippen LogP contribution >= 0.6 is 0 Å². The molecule has 1 atom stereocenters. The molecule has 0 rings (SSSR count). The van der Waals surface area contributed by atoms with Crippen LogP contribution in [0, 0.1) is 5.92 Å². The molecule has 0 aromatic carbocycles. The number of unbranched alkanes of at least 4 members (excludes halogenated alkanes) is 6. The van der Waals surface area contributed by atoms with Crippen molar-refractivity contribution in [1.82, 2.24) is 9.80 Å². The maximum absolute atomic E-state index is 12.5. The molecule has 25 heavy (non-hydrogen) atoms. The summed E-state index contributed by atoms with van der Waals surface area (Å²) in [6, 6.07) is 0. The van der Waals surface area contributed by atoms with Crippen molar-refractivity contribution in [3.05, 3.63) is 0 Å². The minimum atomic E-state index is 0.190. The van der Waals surface area contributed by atoms with Gasteiger partial charge in [-0.2, -0.15) is 0 Å². The molecule has 0 saturated heterocycles. The zero-order valence-corrected chi connectivity index (χ0v) is 17.5. The normalized spacial score (nSPS) is 12.0. The Morgan fingerprint density at radius 1 is 0.720 bits per heavy atom. The molecule has 4 heteroatoms. The first-order valence-electron chi connectivity index (χ1n) is 10.5. The van der Waals surface area contributed by atoms with Crippen LogP contribution in [0.1, 0.15) is 91.4 Å². The Balaban J connectivity index is 4.08. The molecule has 148 valence electrons. The Labute approximate surface area is 156 Å². The molecular formula is C21H42N2O2. The summed E-state index contributed by atoms with van der Waals surface area (Å²) in [5.74, 6) is 0.754. The van der Waals surface area contributed by atoms with E-state index in [9.17, 15) is 9.59 Å². The lowest BCUT2D eigenvalue weighted by Crippen LogP contribution is -2.32. The summed E-state index contributed by atoms with van der Waals surface area (Å²) < 4.78 is 0. The van der Waals surface area contributed by atoms with Crippen molar-refractivity contribution in [2.45, 2.75) is 91.4 Å². The average molecular weight is 355 g/mol. The van der Waals surface area contributed by atoms with Gasteiger partial charge < -0.3 is 9.80 Å². The van der Waals surface area contributed by atoms with Gasteiger partial charge in [0.25, 0.3) is 0 Å². The largest absolute Gasteiger partial charge is 0.346 e.